The summed E-state index contributed by atoms with van der Waals surface area (Å²) in [6.07, 6.45) is 0. The van der Waals surface area contributed by atoms with Gasteiger partial charge in [0.15, 0.2) is 6.61 Å². The first-order valence-corrected chi connectivity index (χ1v) is 10.5. The summed E-state index contributed by atoms with van der Waals surface area (Å²) >= 11 is 0. The summed E-state index contributed by atoms with van der Waals surface area (Å²) in [6.45, 7) is 1.42. The summed E-state index contributed by atoms with van der Waals surface area (Å²) in [5, 5.41) is 18.9. The summed E-state index contributed by atoms with van der Waals surface area (Å²) in [7, 11) is 0. The van der Waals surface area contributed by atoms with Crippen molar-refractivity contribution in [2.24, 2.45) is 0 Å². The van der Waals surface area contributed by atoms with Crippen LogP contribution in [0.1, 0.15) is 17.3 Å². The minimum atomic E-state index is -0.776. The predicted molar refractivity (Wildman–Crippen MR) is 129 cm³/mol. The normalized spacial score (nSPS) is 10.1. The van der Waals surface area contributed by atoms with Crippen molar-refractivity contribution < 1.29 is 28.8 Å². The van der Waals surface area contributed by atoms with Crippen LogP contribution in [0.4, 0.5) is 27.5 Å². The van der Waals surface area contributed by atoms with Crippen LogP contribution in [0.15, 0.2) is 72.8 Å². The summed E-state index contributed by atoms with van der Waals surface area (Å²) in [5.41, 5.74) is 0.812. The maximum absolute atomic E-state index is 12.2. The van der Waals surface area contributed by atoms with E-state index < -0.39 is 29.4 Å². The molecule has 0 unspecified atom stereocenters. The fourth-order valence-corrected chi connectivity index (χ4v) is 2.93. The molecule has 3 aromatic rings. The maximum atomic E-state index is 12.2. The SMILES string of the molecule is CCOc1ccc(NC(=O)COC(=O)c2ccc(NC(=O)Nc3ccccc3)cc2)c([N+](=O)[O-])c1. The van der Waals surface area contributed by atoms with Gasteiger partial charge < -0.3 is 25.4 Å². The van der Waals surface area contributed by atoms with Crippen molar-refractivity contribution in [1.82, 2.24) is 0 Å². The minimum absolute atomic E-state index is 0.0521. The molecule has 11 nitrogen and oxygen atoms in total. The van der Waals surface area contributed by atoms with Crippen molar-refractivity contribution in [3.8, 4) is 5.75 Å². The van der Waals surface area contributed by atoms with Gasteiger partial charge in [-0.15, -0.1) is 0 Å². The van der Waals surface area contributed by atoms with Crippen LogP contribution in [0.2, 0.25) is 0 Å². The van der Waals surface area contributed by atoms with E-state index in [1.54, 1.807) is 31.2 Å². The van der Waals surface area contributed by atoms with Gasteiger partial charge in [-0.05, 0) is 55.5 Å². The van der Waals surface area contributed by atoms with Crippen LogP contribution >= 0.6 is 0 Å². The van der Waals surface area contributed by atoms with Gasteiger partial charge in [-0.3, -0.25) is 14.9 Å². The number of hydrogen-bond acceptors (Lipinski definition) is 7. The molecule has 35 heavy (non-hydrogen) atoms. The van der Waals surface area contributed by atoms with Crippen molar-refractivity contribution >= 4 is 40.7 Å². The van der Waals surface area contributed by atoms with Crippen LogP contribution in [0.3, 0.4) is 0 Å². The van der Waals surface area contributed by atoms with E-state index in [0.29, 0.717) is 23.7 Å². The molecular weight excluding hydrogens is 456 g/mol. The van der Waals surface area contributed by atoms with E-state index in [-0.39, 0.29) is 16.9 Å². The lowest BCUT2D eigenvalue weighted by atomic mass is 10.2. The van der Waals surface area contributed by atoms with Gasteiger partial charge in [0.05, 0.1) is 23.2 Å². The van der Waals surface area contributed by atoms with Crippen LogP contribution in [0.5, 0.6) is 5.75 Å². The summed E-state index contributed by atoms with van der Waals surface area (Å²) < 4.78 is 10.2. The second kappa shape index (κ2) is 11.8. The minimum Gasteiger partial charge on any atom is -0.494 e. The lowest BCUT2D eigenvalue weighted by Crippen LogP contribution is -2.21. The summed E-state index contributed by atoms with van der Waals surface area (Å²) in [5.74, 6) is -1.23. The van der Waals surface area contributed by atoms with Crippen LogP contribution in [0.25, 0.3) is 0 Å². The number of rotatable bonds is 9. The number of carbonyl (C=O) groups excluding carboxylic acids is 3. The average molecular weight is 478 g/mol. The number of anilines is 3. The zero-order chi connectivity index (χ0) is 25.2. The number of amides is 3. The molecule has 0 aliphatic carbocycles. The molecule has 3 rings (SSSR count). The van der Waals surface area contributed by atoms with Crippen molar-refractivity contribution in [2.45, 2.75) is 6.92 Å². The topological polar surface area (TPSA) is 149 Å². The second-order valence-electron chi connectivity index (χ2n) is 7.02. The highest BCUT2D eigenvalue weighted by Gasteiger charge is 2.18. The number of urea groups is 1. The molecular formula is C24H22N4O7. The molecule has 0 spiro atoms. The lowest BCUT2D eigenvalue weighted by molar-refractivity contribution is -0.384. The van der Waals surface area contributed by atoms with Crippen molar-refractivity contribution in [2.75, 3.05) is 29.2 Å². The molecule has 3 amide bonds. The van der Waals surface area contributed by atoms with Crippen molar-refractivity contribution in [3.63, 3.8) is 0 Å². The number of nitro groups is 1. The van der Waals surface area contributed by atoms with E-state index in [1.807, 2.05) is 6.07 Å². The Kier molecular flexibility index (Phi) is 8.33. The van der Waals surface area contributed by atoms with Crippen LogP contribution in [-0.2, 0) is 9.53 Å². The molecule has 0 radical (unpaired) electrons. The number of ether oxygens (including phenoxy) is 2. The number of carbonyl (C=O) groups is 3. The number of esters is 1. The van der Waals surface area contributed by atoms with E-state index in [2.05, 4.69) is 16.0 Å². The quantitative estimate of drug-likeness (QED) is 0.234. The Morgan fingerprint density at radius 2 is 1.54 bits per heavy atom. The monoisotopic (exact) mass is 478 g/mol. The van der Waals surface area contributed by atoms with E-state index in [9.17, 15) is 24.5 Å². The first kappa shape index (κ1) is 24.7. The molecule has 11 heteroatoms. The van der Waals surface area contributed by atoms with Gasteiger partial charge in [-0.2, -0.15) is 0 Å². The highest BCUT2D eigenvalue weighted by atomic mass is 16.6. The number of benzene rings is 3. The number of hydrogen-bond donors (Lipinski definition) is 3. The highest BCUT2D eigenvalue weighted by molar-refractivity contribution is 6.00. The average Bonchev–Trinajstić information content (AvgIpc) is 2.84. The molecule has 0 aromatic heterocycles. The Labute approximate surface area is 200 Å². The van der Waals surface area contributed by atoms with Crippen molar-refractivity contribution in [1.29, 1.82) is 0 Å². The smallest absolute Gasteiger partial charge is 0.338 e. The summed E-state index contributed by atoms with van der Waals surface area (Å²) in [6, 6.07) is 18.3. The van der Waals surface area contributed by atoms with Gasteiger partial charge in [0.2, 0.25) is 0 Å². The van der Waals surface area contributed by atoms with Gasteiger partial charge in [0, 0.05) is 11.4 Å². The fraction of sp³-hybridized carbons (Fsp3) is 0.125. The number of nitrogens with one attached hydrogen (secondary N) is 3. The fourth-order valence-electron chi connectivity index (χ4n) is 2.93. The molecule has 3 N–H and O–H groups in total. The van der Waals surface area contributed by atoms with Gasteiger partial charge in [0.1, 0.15) is 11.4 Å². The van der Waals surface area contributed by atoms with E-state index in [0.717, 1.165) is 0 Å². The number of para-hydroxylation sites is 1. The molecule has 0 saturated heterocycles. The molecule has 0 saturated carbocycles. The molecule has 0 fully saturated rings. The molecule has 180 valence electrons. The van der Waals surface area contributed by atoms with Gasteiger partial charge in [0.25, 0.3) is 11.6 Å². The van der Waals surface area contributed by atoms with E-state index in [1.165, 1.54) is 42.5 Å². The van der Waals surface area contributed by atoms with E-state index >= 15 is 0 Å². The zero-order valence-electron chi connectivity index (χ0n) is 18.6. The van der Waals surface area contributed by atoms with Crippen LogP contribution < -0.4 is 20.7 Å². The largest absolute Gasteiger partial charge is 0.494 e. The predicted octanol–water partition coefficient (Wildman–Crippen LogP) is 4.43. The third kappa shape index (κ3) is 7.29. The molecule has 0 heterocycles. The molecule has 0 aliphatic heterocycles. The van der Waals surface area contributed by atoms with Gasteiger partial charge >= 0.3 is 12.0 Å². The first-order chi connectivity index (χ1) is 16.9. The van der Waals surface area contributed by atoms with Crippen molar-refractivity contribution in [3.05, 3.63) is 88.5 Å². The Bertz CT molecular complexity index is 1210. The molecule has 0 aliphatic rings. The third-order valence-electron chi connectivity index (χ3n) is 4.50. The molecule has 3 aromatic carbocycles. The standard InChI is InChI=1S/C24H22N4O7/c1-2-34-19-12-13-20(21(14-19)28(32)33)27-22(29)15-35-23(30)16-8-10-18(11-9-16)26-24(31)25-17-6-4-3-5-7-17/h3-14H,2,15H2,1H3,(H,27,29)(H2,25,26,31). The zero-order valence-corrected chi connectivity index (χ0v) is 18.6. The van der Waals surface area contributed by atoms with Crippen LogP contribution in [-0.4, -0.2) is 36.0 Å². The Hall–Kier alpha value is -4.93. The maximum Gasteiger partial charge on any atom is 0.338 e. The van der Waals surface area contributed by atoms with Gasteiger partial charge in [-0.1, -0.05) is 18.2 Å². The van der Waals surface area contributed by atoms with Crippen LogP contribution in [0, 0.1) is 10.1 Å². The Balaban J connectivity index is 1.51. The lowest BCUT2D eigenvalue weighted by Gasteiger charge is -2.10. The Morgan fingerprint density at radius 1 is 0.886 bits per heavy atom. The molecule has 0 bridgehead atoms. The second-order valence-corrected chi connectivity index (χ2v) is 7.02. The Morgan fingerprint density at radius 3 is 2.17 bits per heavy atom. The number of nitrogens with zero attached hydrogens (tertiary/aromatic N) is 1. The summed E-state index contributed by atoms with van der Waals surface area (Å²) in [4.78, 5) is 47.1. The third-order valence-corrected chi connectivity index (χ3v) is 4.50. The van der Waals surface area contributed by atoms with Gasteiger partial charge in [-0.25, -0.2) is 9.59 Å². The van der Waals surface area contributed by atoms with E-state index in [4.69, 9.17) is 9.47 Å². The first-order valence-electron chi connectivity index (χ1n) is 10.5. The number of nitro benzene ring substituents is 1. The highest BCUT2D eigenvalue weighted by Crippen LogP contribution is 2.29. The molecule has 0 atom stereocenters.